The van der Waals surface area contributed by atoms with E-state index in [4.69, 9.17) is 9.47 Å². The lowest BCUT2D eigenvalue weighted by Crippen LogP contribution is -2.24. The van der Waals surface area contributed by atoms with E-state index in [0.717, 1.165) is 12.2 Å². The fraction of sp³-hybridized carbons (Fsp3) is 0.227. The van der Waals surface area contributed by atoms with Crippen molar-refractivity contribution in [3.05, 3.63) is 83.2 Å². The van der Waals surface area contributed by atoms with Crippen LogP contribution in [0.1, 0.15) is 27.2 Å². The number of nitrogens with zero attached hydrogens (tertiary/aromatic N) is 1. The smallest absolute Gasteiger partial charge is 0.251 e. The first-order valence-corrected chi connectivity index (χ1v) is 8.80. The zero-order valence-electron chi connectivity index (χ0n) is 15.9. The van der Waals surface area contributed by atoms with Crippen LogP contribution in [0, 0.1) is 6.92 Å². The number of nitrogens with one attached hydrogen (secondary N) is 1. The van der Waals surface area contributed by atoms with E-state index >= 15 is 0 Å². The van der Waals surface area contributed by atoms with Gasteiger partial charge in [-0.1, -0.05) is 29.8 Å². The summed E-state index contributed by atoms with van der Waals surface area (Å²) in [5.74, 6) is 1.000. The normalized spacial score (nSPS) is 10.5. The first kappa shape index (κ1) is 18.6. The highest BCUT2D eigenvalue weighted by Crippen LogP contribution is 2.22. The fourth-order valence-corrected chi connectivity index (χ4v) is 2.87. The van der Waals surface area contributed by atoms with Gasteiger partial charge in [-0.05, 0) is 36.8 Å². The Bertz CT molecular complexity index is 891. The predicted molar refractivity (Wildman–Crippen MR) is 105 cm³/mol. The zero-order valence-corrected chi connectivity index (χ0v) is 15.9. The molecule has 3 aromatic rings. The number of rotatable bonds is 7. The average molecular weight is 364 g/mol. The highest BCUT2D eigenvalue weighted by molar-refractivity contribution is 5.95. The van der Waals surface area contributed by atoms with Crippen LogP contribution in [0.3, 0.4) is 0 Å². The van der Waals surface area contributed by atoms with Crippen molar-refractivity contribution in [1.29, 1.82) is 0 Å². The van der Waals surface area contributed by atoms with Gasteiger partial charge in [0.1, 0.15) is 11.5 Å². The van der Waals surface area contributed by atoms with Crippen LogP contribution in [0.25, 0.3) is 0 Å². The third kappa shape index (κ3) is 4.70. The summed E-state index contributed by atoms with van der Waals surface area (Å²) in [6.07, 6.45) is 2.02. The summed E-state index contributed by atoms with van der Waals surface area (Å²) >= 11 is 0. The van der Waals surface area contributed by atoms with Crippen LogP contribution < -0.4 is 14.8 Å². The van der Waals surface area contributed by atoms with Gasteiger partial charge < -0.3 is 19.4 Å². The highest BCUT2D eigenvalue weighted by atomic mass is 16.5. The molecule has 0 aliphatic rings. The van der Waals surface area contributed by atoms with Crippen molar-refractivity contribution in [2.45, 2.75) is 20.0 Å². The molecule has 140 valence electrons. The minimum Gasteiger partial charge on any atom is -0.497 e. The number of methoxy groups -OCH3 is 2. The number of aromatic nitrogens is 1. The summed E-state index contributed by atoms with van der Waals surface area (Å²) in [5.41, 5.74) is 4.01. The third-order valence-electron chi connectivity index (χ3n) is 4.44. The van der Waals surface area contributed by atoms with E-state index in [1.54, 1.807) is 32.4 Å². The molecule has 2 aromatic carbocycles. The SMILES string of the molecule is COc1cc(OC)cc(C(=O)NCc2cccn2Cc2ccc(C)cc2)c1. The summed E-state index contributed by atoms with van der Waals surface area (Å²) in [6.45, 7) is 3.29. The van der Waals surface area contributed by atoms with Gasteiger partial charge in [-0.25, -0.2) is 0 Å². The minimum absolute atomic E-state index is 0.171. The lowest BCUT2D eigenvalue weighted by Gasteiger charge is -2.12. The number of amides is 1. The molecular formula is C22H24N2O3. The summed E-state index contributed by atoms with van der Waals surface area (Å²) in [5, 5.41) is 2.97. The molecule has 0 saturated carbocycles. The van der Waals surface area contributed by atoms with Crippen LogP contribution in [0.5, 0.6) is 11.5 Å². The average Bonchev–Trinajstić information content (AvgIpc) is 3.14. The molecule has 1 amide bonds. The quantitative estimate of drug-likeness (QED) is 0.694. The Labute approximate surface area is 159 Å². The van der Waals surface area contributed by atoms with E-state index in [2.05, 4.69) is 41.1 Å². The van der Waals surface area contributed by atoms with Gasteiger partial charge in [-0.3, -0.25) is 4.79 Å². The van der Waals surface area contributed by atoms with E-state index in [0.29, 0.717) is 23.6 Å². The van der Waals surface area contributed by atoms with Crippen LogP contribution in [0.4, 0.5) is 0 Å². The molecule has 0 atom stereocenters. The number of aryl methyl sites for hydroxylation is 1. The predicted octanol–water partition coefficient (Wildman–Crippen LogP) is 3.79. The van der Waals surface area contributed by atoms with Crippen LogP contribution in [0.2, 0.25) is 0 Å². The van der Waals surface area contributed by atoms with Gasteiger partial charge in [0.25, 0.3) is 5.91 Å². The molecule has 27 heavy (non-hydrogen) atoms. The Hall–Kier alpha value is -3.21. The molecule has 0 aliphatic carbocycles. The Morgan fingerprint density at radius 1 is 1.00 bits per heavy atom. The second-order valence-corrected chi connectivity index (χ2v) is 6.40. The second kappa shape index (κ2) is 8.45. The van der Waals surface area contributed by atoms with Gasteiger partial charge in [0.05, 0.1) is 20.8 Å². The molecule has 5 heteroatoms. The standard InChI is InChI=1S/C22H24N2O3/c1-16-6-8-17(9-7-16)15-24-10-4-5-19(24)14-23-22(25)18-11-20(26-2)13-21(12-18)27-3/h4-13H,14-15H2,1-3H3,(H,23,25). The van der Waals surface area contributed by atoms with Crippen LogP contribution in [-0.4, -0.2) is 24.7 Å². The van der Waals surface area contributed by atoms with Crippen molar-refractivity contribution < 1.29 is 14.3 Å². The largest absolute Gasteiger partial charge is 0.497 e. The van der Waals surface area contributed by atoms with Crippen LogP contribution in [-0.2, 0) is 13.1 Å². The summed E-state index contributed by atoms with van der Waals surface area (Å²) < 4.78 is 12.6. The van der Waals surface area contributed by atoms with Gasteiger partial charge in [0, 0.05) is 30.1 Å². The molecule has 0 aliphatic heterocycles. The highest BCUT2D eigenvalue weighted by Gasteiger charge is 2.11. The summed E-state index contributed by atoms with van der Waals surface area (Å²) in [7, 11) is 3.13. The number of ether oxygens (including phenoxy) is 2. The molecule has 1 heterocycles. The molecule has 1 aromatic heterocycles. The van der Waals surface area contributed by atoms with Crippen LogP contribution in [0.15, 0.2) is 60.8 Å². The van der Waals surface area contributed by atoms with Crippen LogP contribution >= 0.6 is 0 Å². The maximum atomic E-state index is 12.6. The summed E-state index contributed by atoms with van der Waals surface area (Å²) in [4.78, 5) is 12.6. The Balaban J connectivity index is 1.68. The lowest BCUT2D eigenvalue weighted by atomic mass is 10.1. The maximum Gasteiger partial charge on any atom is 0.251 e. The number of hydrogen-bond donors (Lipinski definition) is 1. The number of benzene rings is 2. The van der Waals surface area contributed by atoms with Crippen molar-refractivity contribution in [3.8, 4) is 11.5 Å². The van der Waals surface area contributed by atoms with Crippen molar-refractivity contribution in [2.75, 3.05) is 14.2 Å². The van der Waals surface area contributed by atoms with Gasteiger partial charge in [-0.15, -0.1) is 0 Å². The summed E-state index contributed by atoms with van der Waals surface area (Å²) in [6, 6.07) is 17.6. The molecule has 0 saturated heterocycles. The lowest BCUT2D eigenvalue weighted by molar-refractivity contribution is 0.0949. The van der Waals surface area contributed by atoms with E-state index in [9.17, 15) is 4.79 Å². The van der Waals surface area contributed by atoms with E-state index in [1.165, 1.54) is 11.1 Å². The number of carbonyl (C=O) groups is 1. The Morgan fingerprint density at radius 3 is 2.30 bits per heavy atom. The topological polar surface area (TPSA) is 52.5 Å². The Morgan fingerprint density at radius 2 is 1.67 bits per heavy atom. The minimum atomic E-state index is -0.171. The maximum absolute atomic E-state index is 12.6. The molecule has 1 N–H and O–H groups in total. The van der Waals surface area contributed by atoms with E-state index in [-0.39, 0.29) is 5.91 Å². The number of hydrogen-bond acceptors (Lipinski definition) is 3. The molecule has 0 spiro atoms. The Kier molecular flexibility index (Phi) is 5.81. The molecule has 0 unspecified atom stereocenters. The molecular weight excluding hydrogens is 340 g/mol. The first-order chi connectivity index (χ1) is 13.1. The van der Waals surface area contributed by atoms with Gasteiger partial charge in [0.15, 0.2) is 0 Å². The molecule has 5 nitrogen and oxygen atoms in total. The van der Waals surface area contributed by atoms with Gasteiger partial charge in [-0.2, -0.15) is 0 Å². The molecule has 0 fully saturated rings. The molecule has 3 rings (SSSR count). The zero-order chi connectivity index (χ0) is 19.2. The van der Waals surface area contributed by atoms with Crippen molar-refractivity contribution >= 4 is 5.91 Å². The monoisotopic (exact) mass is 364 g/mol. The first-order valence-electron chi connectivity index (χ1n) is 8.80. The van der Waals surface area contributed by atoms with Gasteiger partial charge in [0.2, 0.25) is 0 Å². The van der Waals surface area contributed by atoms with Crippen molar-refractivity contribution in [2.24, 2.45) is 0 Å². The second-order valence-electron chi connectivity index (χ2n) is 6.40. The molecule has 0 radical (unpaired) electrons. The fourth-order valence-electron chi connectivity index (χ4n) is 2.87. The molecule has 0 bridgehead atoms. The third-order valence-corrected chi connectivity index (χ3v) is 4.44. The van der Waals surface area contributed by atoms with E-state index < -0.39 is 0 Å². The van der Waals surface area contributed by atoms with Gasteiger partial charge >= 0.3 is 0 Å². The van der Waals surface area contributed by atoms with E-state index in [1.807, 2.05) is 18.3 Å². The van der Waals surface area contributed by atoms with Crippen molar-refractivity contribution in [1.82, 2.24) is 9.88 Å². The van der Waals surface area contributed by atoms with Crippen molar-refractivity contribution in [3.63, 3.8) is 0 Å². The number of carbonyl (C=O) groups excluding carboxylic acids is 1.